The molecule has 0 unspecified atom stereocenters. The van der Waals surface area contributed by atoms with E-state index in [1.165, 1.54) is 0 Å². The van der Waals surface area contributed by atoms with Gasteiger partial charge in [0, 0.05) is 13.1 Å². The van der Waals surface area contributed by atoms with Crippen LogP contribution in [0.3, 0.4) is 0 Å². The minimum absolute atomic E-state index is 0.164. The lowest BCUT2D eigenvalue weighted by molar-refractivity contribution is -0.00990. The molecular formula is C13H22N2O3. The molecule has 1 amide bonds. The summed E-state index contributed by atoms with van der Waals surface area (Å²) in [6.07, 6.45) is 1.96. The summed E-state index contributed by atoms with van der Waals surface area (Å²) in [6.45, 7) is 7.39. The van der Waals surface area contributed by atoms with Crippen molar-refractivity contribution in [1.82, 2.24) is 4.90 Å². The van der Waals surface area contributed by atoms with Gasteiger partial charge < -0.3 is 14.4 Å². The first kappa shape index (κ1) is 14.8. The number of nitriles is 1. The highest BCUT2D eigenvalue weighted by Gasteiger charge is 2.26. The Bertz CT molecular complexity index is 309. The Hall–Kier alpha value is -1.28. The molecule has 0 aromatic carbocycles. The second kappa shape index (κ2) is 6.60. The number of likely N-dealkylation sites (tertiary alicyclic amines) is 1. The van der Waals surface area contributed by atoms with Gasteiger partial charge in [-0.25, -0.2) is 4.79 Å². The molecule has 1 aliphatic rings. The molecule has 1 saturated heterocycles. The first-order valence-corrected chi connectivity index (χ1v) is 6.39. The number of hydrogen-bond donors (Lipinski definition) is 0. The van der Waals surface area contributed by atoms with Crippen molar-refractivity contribution in [3.8, 4) is 6.07 Å². The monoisotopic (exact) mass is 254 g/mol. The molecule has 1 heterocycles. The van der Waals surface area contributed by atoms with Gasteiger partial charge in [0.2, 0.25) is 0 Å². The molecule has 102 valence electrons. The maximum atomic E-state index is 11.8. The predicted octanol–water partition coefficient (Wildman–Crippen LogP) is 2.32. The van der Waals surface area contributed by atoms with Crippen molar-refractivity contribution in [3.63, 3.8) is 0 Å². The molecule has 0 aromatic heterocycles. The molecule has 0 radical (unpaired) electrons. The van der Waals surface area contributed by atoms with Gasteiger partial charge in [-0.15, -0.1) is 0 Å². The summed E-state index contributed by atoms with van der Waals surface area (Å²) in [5.41, 5.74) is -0.447. The lowest BCUT2D eigenvalue weighted by Crippen LogP contribution is -2.43. The van der Waals surface area contributed by atoms with Crippen LogP contribution in [-0.2, 0) is 9.47 Å². The van der Waals surface area contributed by atoms with Gasteiger partial charge in [-0.3, -0.25) is 0 Å². The molecular weight excluding hydrogens is 232 g/mol. The zero-order chi connectivity index (χ0) is 13.6. The Balaban J connectivity index is 2.27. The van der Waals surface area contributed by atoms with Crippen LogP contribution in [-0.4, -0.2) is 42.4 Å². The lowest BCUT2D eigenvalue weighted by Gasteiger charge is -2.33. The average molecular weight is 254 g/mol. The van der Waals surface area contributed by atoms with Crippen molar-refractivity contribution in [3.05, 3.63) is 0 Å². The number of amides is 1. The van der Waals surface area contributed by atoms with Crippen molar-refractivity contribution < 1.29 is 14.3 Å². The fourth-order valence-electron chi connectivity index (χ4n) is 1.80. The number of carbonyl (C=O) groups excluding carboxylic acids is 1. The Kier molecular flexibility index (Phi) is 5.42. The van der Waals surface area contributed by atoms with Crippen molar-refractivity contribution in [1.29, 1.82) is 5.26 Å². The van der Waals surface area contributed by atoms with Crippen molar-refractivity contribution in [2.24, 2.45) is 0 Å². The number of rotatable bonds is 3. The number of hydrogen-bond acceptors (Lipinski definition) is 4. The summed E-state index contributed by atoms with van der Waals surface area (Å²) in [7, 11) is 0. The third kappa shape index (κ3) is 5.37. The van der Waals surface area contributed by atoms with E-state index in [4.69, 9.17) is 14.7 Å². The van der Waals surface area contributed by atoms with E-state index in [0.717, 1.165) is 12.8 Å². The summed E-state index contributed by atoms with van der Waals surface area (Å²) >= 11 is 0. The van der Waals surface area contributed by atoms with Gasteiger partial charge in [0.15, 0.2) is 0 Å². The minimum Gasteiger partial charge on any atom is -0.444 e. The highest BCUT2D eigenvalue weighted by atomic mass is 16.6. The third-order valence-electron chi connectivity index (χ3n) is 2.66. The highest BCUT2D eigenvalue weighted by Crippen LogP contribution is 2.17. The van der Waals surface area contributed by atoms with Crippen LogP contribution in [0.2, 0.25) is 0 Å². The molecule has 0 aromatic rings. The molecule has 1 fully saturated rings. The maximum absolute atomic E-state index is 11.8. The fraction of sp³-hybridized carbons (Fsp3) is 0.846. The van der Waals surface area contributed by atoms with Gasteiger partial charge in [0.1, 0.15) is 5.60 Å². The molecule has 18 heavy (non-hydrogen) atoms. The van der Waals surface area contributed by atoms with Gasteiger partial charge in [-0.1, -0.05) is 0 Å². The second-order valence-electron chi connectivity index (χ2n) is 5.45. The van der Waals surface area contributed by atoms with Crippen LogP contribution < -0.4 is 0 Å². The Morgan fingerprint density at radius 1 is 1.39 bits per heavy atom. The average Bonchev–Trinajstić information content (AvgIpc) is 2.28. The standard InChI is InChI=1S/C13H22N2O3/c1-13(2,3)18-12(16)15-8-5-11(6-9-15)17-10-4-7-14/h11H,4-6,8-10H2,1-3H3. The van der Waals surface area contributed by atoms with Crippen LogP contribution in [0.15, 0.2) is 0 Å². The van der Waals surface area contributed by atoms with Crippen LogP contribution in [0.25, 0.3) is 0 Å². The van der Waals surface area contributed by atoms with Crippen molar-refractivity contribution in [2.45, 2.75) is 51.7 Å². The van der Waals surface area contributed by atoms with Gasteiger partial charge in [0.05, 0.1) is 25.2 Å². The molecule has 5 nitrogen and oxygen atoms in total. The summed E-state index contributed by atoms with van der Waals surface area (Å²) in [6, 6.07) is 2.05. The third-order valence-corrected chi connectivity index (χ3v) is 2.66. The number of carbonyl (C=O) groups is 1. The van der Waals surface area contributed by atoms with Crippen LogP contribution in [0.5, 0.6) is 0 Å². The lowest BCUT2D eigenvalue weighted by atomic mass is 10.1. The van der Waals surface area contributed by atoms with Gasteiger partial charge in [0.25, 0.3) is 0 Å². The second-order valence-corrected chi connectivity index (χ2v) is 5.45. The number of piperidine rings is 1. The van der Waals surface area contributed by atoms with Crippen LogP contribution in [0.1, 0.15) is 40.0 Å². The van der Waals surface area contributed by atoms with Crippen LogP contribution >= 0.6 is 0 Å². The first-order valence-electron chi connectivity index (χ1n) is 6.39. The summed E-state index contributed by atoms with van der Waals surface area (Å²) in [4.78, 5) is 13.5. The van der Waals surface area contributed by atoms with E-state index in [-0.39, 0.29) is 12.2 Å². The molecule has 0 aliphatic carbocycles. The van der Waals surface area contributed by atoms with E-state index in [1.54, 1.807) is 4.90 Å². The molecule has 0 N–H and O–H groups in total. The Morgan fingerprint density at radius 3 is 2.50 bits per heavy atom. The predicted molar refractivity (Wildman–Crippen MR) is 67.0 cm³/mol. The van der Waals surface area contributed by atoms with E-state index < -0.39 is 5.60 Å². The number of nitrogens with zero attached hydrogens (tertiary/aromatic N) is 2. The van der Waals surface area contributed by atoms with E-state index in [2.05, 4.69) is 6.07 Å². The van der Waals surface area contributed by atoms with Gasteiger partial charge in [-0.2, -0.15) is 5.26 Å². The van der Waals surface area contributed by atoms with Crippen LogP contribution in [0.4, 0.5) is 4.79 Å². The van der Waals surface area contributed by atoms with E-state index in [0.29, 0.717) is 26.1 Å². The smallest absolute Gasteiger partial charge is 0.410 e. The molecule has 1 aliphatic heterocycles. The zero-order valence-corrected chi connectivity index (χ0v) is 11.4. The van der Waals surface area contributed by atoms with Gasteiger partial charge >= 0.3 is 6.09 Å². The van der Waals surface area contributed by atoms with E-state index in [1.807, 2.05) is 20.8 Å². The maximum Gasteiger partial charge on any atom is 0.410 e. The normalized spacial score (nSPS) is 17.3. The van der Waals surface area contributed by atoms with Gasteiger partial charge in [-0.05, 0) is 33.6 Å². The topological polar surface area (TPSA) is 62.6 Å². The molecule has 1 rings (SSSR count). The molecule has 0 spiro atoms. The quantitative estimate of drug-likeness (QED) is 0.725. The molecule has 0 saturated carbocycles. The summed E-state index contributed by atoms with van der Waals surface area (Å²) in [5, 5.41) is 8.42. The minimum atomic E-state index is -0.447. The summed E-state index contributed by atoms with van der Waals surface area (Å²) in [5.74, 6) is 0. The first-order chi connectivity index (χ1) is 8.42. The van der Waals surface area contributed by atoms with Crippen molar-refractivity contribution in [2.75, 3.05) is 19.7 Å². The highest BCUT2D eigenvalue weighted by molar-refractivity contribution is 5.68. The Labute approximate surface area is 109 Å². The van der Waals surface area contributed by atoms with E-state index >= 15 is 0 Å². The molecule has 5 heteroatoms. The largest absolute Gasteiger partial charge is 0.444 e. The Morgan fingerprint density at radius 2 is 2.00 bits per heavy atom. The SMILES string of the molecule is CC(C)(C)OC(=O)N1CCC(OCCC#N)CC1. The molecule has 0 bridgehead atoms. The zero-order valence-electron chi connectivity index (χ0n) is 11.4. The van der Waals surface area contributed by atoms with Crippen molar-refractivity contribution >= 4 is 6.09 Å². The van der Waals surface area contributed by atoms with Crippen LogP contribution in [0, 0.1) is 11.3 Å². The molecule has 0 atom stereocenters. The fourth-order valence-corrected chi connectivity index (χ4v) is 1.80. The number of ether oxygens (including phenoxy) is 2. The summed E-state index contributed by atoms with van der Waals surface area (Å²) < 4.78 is 10.9. The van der Waals surface area contributed by atoms with E-state index in [9.17, 15) is 4.79 Å².